The molecule has 0 aromatic carbocycles. The standard InChI is InChI=1S/C17H36N2O2/c1-8-11-12-14(4)18-13-17(9-2,10-3)19-15(20)21-16(5,6)7/h14,18H,8-13H2,1-7H3,(H,19,20). The van der Waals surface area contributed by atoms with Crippen molar-refractivity contribution < 1.29 is 9.53 Å². The summed E-state index contributed by atoms with van der Waals surface area (Å²) in [5.74, 6) is 0. The molecule has 0 aromatic heterocycles. The van der Waals surface area contributed by atoms with Gasteiger partial charge in [-0.15, -0.1) is 0 Å². The maximum Gasteiger partial charge on any atom is 0.408 e. The molecule has 0 spiro atoms. The Morgan fingerprint density at radius 3 is 2.14 bits per heavy atom. The smallest absolute Gasteiger partial charge is 0.408 e. The molecule has 0 rings (SSSR count). The second kappa shape index (κ2) is 9.29. The Bertz CT molecular complexity index is 294. The molecule has 0 bridgehead atoms. The monoisotopic (exact) mass is 300 g/mol. The zero-order chi connectivity index (χ0) is 16.5. The lowest BCUT2D eigenvalue weighted by Crippen LogP contribution is -2.56. The molecule has 0 radical (unpaired) electrons. The van der Waals surface area contributed by atoms with E-state index in [2.05, 4.69) is 38.3 Å². The third-order valence-corrected chi connectivity index (χ3v) is 3.90. The quantitative estimate of drug-likeness (QED) is 0.669. The van der Waals surface area contributed by atoms with Crippen molar-refractivity contribution in [2.24, 2.45) is 0 Å². The van der Waals surface area contributed by atoms with Gasteiger partial charge in [0.25, 0.3) is 0 Å². The molecule has 0 heterocycles. The lowest BCUT2D eigenvalue weighted by molar-refractivity contribution is 0.0444. The predicted molar refractivity (Wildman–Crippen MR) is 89.7 cm³/mol. The molecule has 126 valence electrons. The molecular formula is C17H36N2O2. The van der Waals surface area contributed by atoms with Crippen LogP contribution in [-0.2, 0) is 4.74 Å². The largest absolute Gasteiger partial charge is 0.444 e. The second-order valence-corrected chi connectivity index (χ2v) is 7.04. The number of nitrogens with one attached hydrogen (secondary N) is 2. The third kappa shape index (κ3) is 8.97. The fourth-order valence-electron chi connectivity index (χ4n) is 2.22. The van der Waals surface area contributed by atoms with E-state index in [9.17, 15) is 4.79 Å². The minimum atomic E-state index is -0.459. The van der Waals surface area contributed by atoms with Crippen molar-refractivity contribution in [3.05, 3.63) is 0 Å². The van der Waals surface area contributed by atoms with Gasteiger partial charge in [0, 0.05) is 12.6 Å². The van der Waals surface area contributed by atoms with Crippen molar-refractivity contribution in [2.75, 3.05) is 6.54 Å². The summed E-state index contributed by atoms with van der Waals surface area (Å²) in [5, 5.41) is 6.63. The van der Waals surface area contributed by atoms with Crippen molar-refractivity contribution in [3.63, 3.8) is 0 Å². The lowest BCUT2D eigenvalue weighted by Gasteiger charge is -2.35. The second-order valence-electron chi connectivity index (χ2n) is 7.04. The molecule has 0 saturated carbocycles. The fourth-order valence-corrected chi connectivity index (χ4v) is 2.22. The average Bonchev–Trinajstić information content (AvgIpc) is 2.39. The van der Waals surface area contributed by atoms with Crippen molar-refractivity contribution >= 4 is 6.09 Å². The number of unbranched alkanes of at least 4 members (excludes halogenated alkanes) is 1. The minimum Gasteiger partial charge on any atom is -0.444 e. The van der Waals surface area contributed by atoms with Gasteiger partial charge in [0.2, 0.25) is 0 Å². The van der Waals surface area contributed by atoms with E-state index in [0.29, 0.717) is 6.04 Å². The SMILES string of the molecule is CCCCC(C)NCC(CC)(CC)NC(=O)OC(C)(C)C. The van der Waals surface area contributed by atoms with Gasteiger partial charge in [0.1, 0.15) is 5.60 Å². The van der Waals surface area contributed by atoms with E-state index in [1.54, 1.807) is 0 Å². The predicted octanol–water partition coefficient (Wildman–Crippen LogP) is 4.24. The van der Waals surface area contributed by atoms with Crippen LogP contribution in [-0.4, -0.2) is 29.8 Å². The number of alkyl carbamates (subject to hydrolysis) is 1. The van der Waals surface area contributed by atoms with Gasteiger partial charge in [-0.3, -0.25) is 0 Å². The Morgan fingerprint density at radius 1 is 1.14 bits per heavy atom. The zero-order valence-electron chi connectivity index (χ0n) is 15.1. The number of rotatable bonds is 9. The van der Waals surface area contributed by atoms with Crippen LogP contribution in [0.5, 0.6) is 0 Å². The van der Waals surface area contributed by atoms with Gasteiger partial charge in [-0.2, -0.15) is 0 Å². The summed E-state index contributed by atoms with van der Waals surface area (Å²) in [6, 6.07) is 0.475. The molecule has 0 saturated heterocycles. The highest BCUT2D eigenvalue weighted by molar-refractivity contribution is 5.68. The Labute approximate surface area is 131 Å². The molecule has 4 nitrogen and oxygen atoms in total. The first-order valence-corrected chi connectivity index (χ1v) is 8.42. The van der Waals surface area contributed by atoms with Gasteiger partial charge < -0.3 is 15.4 Å². The zero-order valence-corrected chi connectivity index (χ0v) is 15.1. The summed E-state index contributed by atoms with van der Waals surface area (Å²) in [5.41, 5.74) is -0.692. The third-order valence-electron chi connectivity index (χ3n) is 3.90. The molecule has 0 aliphatic rings. The molecule has 0 aromatic rings. The number of amides is 1. The summed E-state index contributed by atoms with van der Waals surface area (Å²) >= 11 is 0. The molecule has 0 aliphatic carbocycles. The van der Waals surface area contributed by atoms with Crippen LogP contribution < -0.4 is 10.6 Å². The number of hydrogen-bond acceptors (Lipinski definition) is 3. The van der Waals surface area contributed by atoms with Crippen LogP contribution in [0.3, 0.4) is 0 Å². The highest BCUT2D eigenvalue weighted by Gasteiger charge is 2.30. The minimum absolute atomic E-state index is 0.233. The van der Waals surface area contributed by atoms with E-state index in [1.165, 1.54) is 19.3 Å². The van der Waals surface area contributed by atoms with Crippen LogP contribution in [0.1, 0.15) is 80.6 Å². The Morgan fingerprint density at radius 2 is 1.71 bits per heavy atom. The summed E-state index contributed by atoms with van der Waals surface area (Å²) in [6.45, 7) is 15.1. The maximum atomic E-state index is 12.0. The van der Waals surface area contributed by atoms with Gasteiger partial charge in [-0.05, 0) is 47.0 Å². The molecular weight excluding hydrogens is 264 g/mol. The van der Waals surface area contributed by atoms with Gasteiger partial charge in [0.05, 0.1) is 5.54 Å². The number of carbonyl (C=O) groups excluding carboxylic acids is 1. The Balaban J connectivity index is 4.51. The molecule has 1 atom stereocenters. The number of carbonyl (C=O) groups is 1. The molecule has 1 unspecified atom stereocenters. The first kappa shape index (κ1) is 20.2. The molecule has 1 amide bonds. The lowest BCUT2D eigenvalue weighted by atomic mass is 9.92. The summed E-state index contributed by atoms with van der Waals surface area (Å²) < 4.78 is 5.39. The number of ether oxygens (including phenoxy) is 1. The van der Waals surface area contributed by atoms with Crippen LogP contribution in [0.25, 0.3) is 0 Å². The van der Waals surface area contributed by atoms with Crippen LogP contribution in [0.4, 0.5) is 4.79 Å². The van der Waals surface area contributed by atoms with Crippen molar-refractivity contribution in [1.29, 1.82) is 0 Å². The van der Waals surface area contributed by atoms with Crippen molar-refractivity contribution in [3.8, 4) is 0 Å². The normalized spacial score (nSPS) is 13.9. The summed E-state index contributed by atoms with van der Waals surface area (Å²) in [7, 11) is 0. The van der Waals surface area contributed by atoms with Crippen molar-refractivity contribution in [2.45, 2.75) is 97.8 Å². The molecule has 4 heteroatoms. The van der Waals surface area contributed by atoms with E-state index < -0.39 is 5.60 Å². The van der Waals surface area contributed by atoms with Gasteiger partial charge in [-0.1, -0.05) is 33.6 Å². The summed E-state index contributed by atoms with van der Waals surface area (Å²) in [4.78, 5) is 12.0. The average molecular weight is 300 g/mol. The topological polar surface area (TPSA) is 50.4 Å². The molecule has 21 heavy (non-hydrogen) atoms. The van der Waals surface area contributed by atoms with Crippen LogP contribution in [0, 0.1) is 0 Å². The van der Waals surface area contributed by atoms with E-state index in [0.717, 1.165) is 19.4 Å². The molecule has 0 fully saturated rings. The van der Waals surface area contributed by atoms with Gasteiger partial charge >= 0.3 is 6.09 Å². The highest BCUT2D eigenvalue weighted by Crippen LogP contribution is 2.17. The molecule has 0 aliphatic heterocycles. The van der Waals surface area contributed by atoms with Crippen LogP contribution >= 0.6 is 0 Å². The Hall–Kier alpha value is -0.770. The Kier molecular flexibility index (Phi) is 8.95. The van der Waals surface area contributed by atoms with Gasteiger partial charge in [0.15, 0.2) is 0 Å². The maximum absolute atomic E-state index is 12.0. The van der Waals surface area contributed by atoms with Gasteiger partial charge in [-0.25, -0.2) is 4.79 Å². The van der Waals surface area contributed by atoms with Crippen LogP contribution in [0.2, 0.25) is 0 Å². The molecule has 2 N–H and O–H groups in total. The highest BCUT2D eigenvalue weighted by atomic mass is 16.6. The first-order chi connectivity index (χ1) is 9.68. The number of hydrogen-bond donors (Lipinski definition) is 2. The summed E-state index contributed by atoms with van der Waals surface area (Å²) in [6.07, 6.45) is 5.07. The van der Waals surface area contributed by atoms with E-state index in [-0.39, 0.29) is 11.6 Å². The van der Waals surface area contributed by atoms with E-state index in [4.69, 9.17) is 4.74 Å². The van der Waals surface area contributed by atoms with Crippen LogP contribution in [0.15, 0.2) is 0 Å². The van der Waals surface area contributed by atoms with Crippen molar-refractivity contribution in [1.82, 2.24) is 10.6 Å². The first-order valence-electron chi connectivity index (χ1n) is 8.42. The van der Waals surface area contributed by atoms with E-state index in [1.807, 2.05) is 20.8 Å². The fraction of sp³-hybridized carbons (Fsp3) is 0.941. The van der Waals surface area contributed by atoms with E-state index >= 15 is 0 Å².